The Kier molecular flexibility index (Phi) is 9.56. The lowest BCUT2D eigenvalue weighted by molar-refractivity contribution is -0.413. The van der Waals surface area contributed by atoms with Gasteiger partial charge in [0.1, 0.15) is 17.3 Å². The highest BCUT2D eigenvalue weighted by atomic mass is 16.6. The van der Waals surface area contributed by atoms with Crippen molar-refractivity contribution >= 4 is 11.8 Å². The highest BCUT2D eigenvalue weighted by Crippen LogP contribution is 2.80. The number of carbonyl (C=O) groups excluding carboxylic acids is 2. The summed E-state index contributed by atoms with van der Waals surface area (Å²) in [6, 6.07) is 0. The molecule has 41 heavy (non-hydrogen) atoms. The molecule has 0 heterocycles. The quantitative estimate of drug-likeness (QED) is 0.161. The summed E-state index contributed by atoms with van der Waals surface area (Å²) in [5.74, 6) is -2.83. The molecule has 5 aliphatic carbocycles. The van der Waals surface area contributed by atoms with Crippen LogP contribution in [0.4, 0.5) is 0 Å². The summed E-state index contributed by atoms with van der Waals surface area (Å²) in [5, 5.41) is 46.9. The summed E-state index contributed by atoms with van der Waals surface area (Å²) in [6.45, 7) is 9.23. The van der Waals surface area contributed by atoms with Gasteiger partial charge in [0, 0.05) is 35.7 Å². The third-order valence-corrected chi connectivity index (χ3v) is 12.1. The Balaban J connectivity index is 1.42. The van der Waals surface area contributed by atoms with Crippen molar-refractivity contribution in [3.63, 3.8) is 0 Å². The van der Waals surface area contributed by atoms with E-state index in [1.54, 1.807) is 19.9 Å². The minimum atomic E-state index is -1.84. The normalized spacial score (nSPS) is 40.7. The molecular formula is C34H56O7. The minimum absolute atomic E-state index is 0.0510. The van der Waals surface area contributed by atoms with Crippen molar-refractivity contribution in [2.45, 2.75) is 154 Å². The number of ketones is 1. The van der Waals surface area contributed by atoms with Crippen LogP contribution < -0.4 is 0 Å². The summed E-state index contributed by atoms with van der Waals surface area (Å²) < 4.78 is 6.04. The monoisotopic (exact) mass is 576 g/mol. The van der Waals surface area contributed by atoms with E-state index >= 15 is 0 Å². The van der Waals surface area contributed by atoms with Crippen LogP contribution in [-0.2, 0) is 14.3 Å². The van der Waals surface area contributed by atoms with Gasteiger partial charge < -0.3 is 25.2 Å². The summed E-state index contributed by atoms with van der Waals surface area (Å²) in [6.07, 6.45) is 14.6. The molecule has 0 saturated heterocycles. The van der Waals surface area contributed by atoms with E-state index in [1.165, 1.54) is 51.4 Å². The first kappa shape index (κ1) is 32.6. The second-order valence-electron chi connectivity index (χ2n) is 14.7. The molecule has 234 valence electrons. The van der Waals surface area contributed by atoms with E-state index in [-0.39, 0.29) is 31.8 Å². The maximum absolute atomic E-state index is 13.2. The molecule has 0 aromatic rings. The smallest absolute Gasteiger partial charge is 0.306 e. The topological polar surface area (TPSA) is 124 Å². The third-order valence-electron chi connectivity index (χ3n) is 12.1. The zero-order valence-electron chi connectivity index (χ0n) is 26.2. The molecule has 0 aliphatic heterocycles. The van der Waals surface area contributed by atoms with Crippen LogP contribution in [0.25, 0.3) is 0 Å². The molecule has 0 aromatic heterocycles. The predicted molar refractivity (Wildman–Crippen MR) is 158 cm³/mol. The molecule has 0 aromatic carbocycles. The number of rotatable bonds is 14. The van der Waals surface area contributed by atoms with E-state index in [4.69, 9.17) is 4.74 Å². The number of ether oxygens (including phenoxy) is 1. The van der Waals surface area contributed by atoms with Gasteiger partial charge in [0.15, 0.2) is 5.78 Å². The van der Waals surface area contributed by atoms with Crippen LogP contribution in [0.5, 0.6) is 0 Å². The fourth-order valence-corrected chi connectivity index (χ4v) is 9.58. The maximum Gasteiger partial charge on any atom is 0.306 e. The van der Waals surface area contributed by atoms with Gasteiger partial charge >= 0.3 is 5.97 Å². The van der Waals surface area contributed by atoms with Crippen molar-refractivity contribution in [3.05, 3.63) is 11.6 Å². The van der Waals surface area contributed by atoms with Crippen LogP contribution in [0.2, 0.25) is 0 Å². The highest BCUT2D eigenvalue weighted by Gasteiger charge is 2.87. The van der Waals surface area contributed by atoms with E-state index in [0.717, 1.165) is 19.3 Å². The minimum Gasteiger partial charge on any atom is -0.459 e. The van der Waals surface area contributed by atoms with E-state index in [2.05, 4.69) is 6.92 Å². The van der Waals surface area contributed by atoms with Crippen molar-refractivity contribution in [1.82, 2.24) is 0 Å². The number of hydrogen-bond donors (Lipinski definition) is 4. The molecule has 5 aliphatic rings. The molecule has 1 spiro atoms. The predicted octanol–water partition coefficient (Wildman–Crippen LogP) is 5.41. The fourth-order valence-electron chi connectivity index (χ4n) is 9.58. The average molecular weight is 577 g/mol. The van der Waals surface area contributed by atoms with Crippen molar-refractivity contribution < 1.29 is 34.8 Å². The van der Waals surface area contributed by atoms with Gasteiger partial charge in [-0.1, -0.05) is 98.0 Å². The molecule has 5 rings (SSSR count). The molecule has 4 saturated carbocycles. The van der Waals surface area contributed by atoms with Crippen LogP contribution in [-0.4, -0.2) is 61.7 Å². The van der Waals surface area contributed by atoms with Crippen LogP contribution in [0, 0.1) is 28.6 Å². The zero-order chi connectivity index (χ0) is 30.3. The van der Waals surface area contributed by atoms with Crippen LogP contribution in [0.3, 0.4) is 0 Å². The molecule has 4 fully saturated rings. The number of hydrogen-bond acceptors (Lipinski definition) is 7. The maximum atomic E-state index is 13.2. The van der Waals surface area contributed by atoms with Gasteiger partial charge in [-0.05, 0) is 44.1 Å². The van der Waals surface area contributed by atoms with Gasteiger partial charge in [-0.25, -0.2) is 0 Å². The summed E-state index contributed by atoms with van der Waals surface area (Å²) in [5.41, 5.74) is -6.15. The number of carbonyl (C=O) groups is 2. The van der Waals surface area contributed by atoms with Gasteiger partial charge in [0.05, 0.1) is 5.60 Å². The first-order chi connectivity index (χ1) is 19.3. The van der Waals surface area contributed by atoms with Crippen molar-refractivity contribution in [1.29, 1.82) is 0 Å². The summed E-state index contributed by atoms with van der Waals surface area (Å²) >= 11 is 0. The van der Waals surface area contributed by atoms with Gasteiger partial charge in [-0.15, -0.1) is 0 Å². The first-order valence-corrected chi connectivity index (χ1v) is 16.5. The molecule has 2 bridgehead atoms. The molecule has 7 nitrogen and oxygen atoms in total. The Hall–Kier alpha value is -1.28. The Morgan fingerprint density at radius 3 is 2.05 bits per heavy atom. The van der Waals surface area contributed by atoms with Crippen molar-refractivity contribution in [2.75, 3.05) is 6.61 Å². The second-order valence-corrected chi connectivity index (χ2v) is 14.7. The van der Waals surface area contributed by atoms with Crippen LogP contribution in [0.1, 0.15) is 131 Å². The first-order valence-electron chi connectivity index (χ1n) is 16.5. The average Bonchev–Trinajstić information content (AvgIpc) is 3.10. The lowest BCUT2D eigenvalue weighted by Gasteiger charge is -2.79. The summed E-state index contributed by atoms with van der Waals surface area (Å²) in [4.78, 5) is 26.3. The molecule has 4 N–H and O–H groups in total. The van der Waals surface area contributed by atoms with Gasteiger partial charge in [-0.3, -0.25) is 9.59 Å². The molecule has 0 radical (unpaired) electrons. The SMILES string of the molecule is CCCCCCCCCCCCCC(=O)O[C@@H]1[C@@H](C)[C@]2(O)[C@@H]3C=C(C)C(=O)[C@@]3(O)CC(CO)CC23C[C@]1(O)C3(C)C. The van der Waals surface area contributed by atoms with Gasteiger partial charge in [-0.2, -0.15) is 0 Å². The number of aliphatic hydroxyl groups excluding tert-OH is 1. The van der Waals surface area contributed by atoms with E-state index in [0.29, 0.717) is 12.0 Å². The number of unbranched alkanes of at least 4 members (excludes halogenated alkanes) is 10. The zero-order valence-corrected chi connectivity index (χ0v) is 26.2. The lowest BCUT2D eigenvalue weighted by Crippen LogP contribution is -2.88. The fraction of sp³-hybridized carbons (Fsp3) is 0.882. The highest BCUT2D eigenvalue weighted by molar-refractivity contribution is 6.04. The Morgan fingerprint density at radius 2 is 1.51 bits per heavy atom. The molecule has 7 heteroatoms. The number of Topliss-reactive ketones (excluding diaryl/α,β-unsaturated/α-hetero) is 1. The number of aliphatic hydroxyl groups is 4. The third kappa shape index (κ3) is 4.95. The standard InChI is InChI=1S/C34H56O7/c1-6-7-8-9-10-11-12-13-14-15-16-17-27(36)41-29-24(3)34(40)26-18-23(2)28(37)32(26,38)20-25(21-35)19-31(34)22-33(29,39)30(31,4)5/h18,24-26,29,35,38-40H,6-17,19-22H2,1-5H3/t24-,25?,26-,29-,31?,32-,33-,34+/m1/s1. The number of fused-ring (bicyclic) bond motifs is 2. The Morgan fingerprint density at radius 1 is 0.951 bits per heavy atom. The van der Waals surface area contributed by atoms with Crippen LogP contribution >= 0.6 is 0 Å². The van der Waals surface area contributed by atoms with E-state index in [1.807, 2.05) is 13.8 Å². The second kappa shape index (κ2) is 12.0. The van der Waals surface area contributed by atoms with E-state index < -0.39 is 57.3 Å². The molecule has 0 amide bonds. The Labute approximate surface area is 247 Å². The molecule has 2 unspecified atom stereocenters. The van der Waals surface area contributed by atoms with Gasteiger partial charge in [0.2, 0.25) is 0 Å². The molecule has 8 atom stereocenters. The van der Waals surface area contributed by atoms with E-state index in [9.17, 15) is 30.0 Å². The van der Waals surface area contributed by atoms with Gasteiger partial charge in [0.25, 0.3) is 0 Å². The van der Waals surface area contributed by atoms with Crippen LogP contribution in [0.15, 0.2) is 11.6 Å². The molecular weight excluding hydrogens is 520 g/mol. The largest absolute Gasteiger partial charge is 0.459 e. The number of esters is 1. The Bertz CT molecular complexity index is 1010. The lowest BCUT2D eigenvalue weighted by atomic mass is 9.28. The van der Waals surface area contributed by atoms with Crippen molar-refractivity contribution in [2.24, 2.45) is 28.6 Å². The summed E-state index contributed by atoms with van der Waals surface area (Å²) in [7, 11) is 0. The van der Waals surface area contributed by atoms with Crippen molar-refractivity contribution in [3.8, 4) is 0 Å².